The van der Waals surface area contributed by atoms with E-state index >= 15 is 0 Å². The lowest BCUT2D eigenvalue weighted by Crippen LogP contribution is -2.33. The SMILES string of the molecule is Cc1ccn2nc([C@@H]3CCCN3c3ncnc(N)c3Cl)n(-c3ccccc3)c(=O)c12.S. The molecule has 0 radical (unpaired) electrons. The van der Waals surface area contributed by atoms with Crippen molar-refractivity contribution < 1.29 is 0 Å². The van der Waals surface area contributed by atoms with E-state index in [4.69, 9.17) is 22.4 Å². The molecule has 0 saturated carbocycles. The highest BCUT2D eigenvalue weighted by atomic mass is 35.5. The maximum atomic E-state index is 13.6. The quantitative estimate of drug-likeness (QED) is 0.509. The average Bonchev–Trinajstić information content (AvgIpc) is 3.37. The van der Waals surface area contributed by atoms with Gasteiger partial charge in [-0.1, -0.05) is 29.8 Å². The number of aryl methyl sites for hydroxylation is 1. The van der Waals surface area contributed by atoms with E-state index in [1.807, 2.05) is 49.5 Å². The molecule has 2 N–H and O–H groups in total. The number of hydrogen-bond acceptors (Lipinski definition) is 6. The third kappa shape index (κ3) is 3.43. The first-order chi connectivity index (χ1) is 14.6. The third-order valence-electron chi connectivity index (χ3n) is 5.55. The molecule has 1 aromatic carbocycles. The Morgan fingerprint density at radius 2 is 1.94 bits per heavy atom. The van der Waals surface area contributed by atoms with Crippen LogP contribution in [0, 0.1) is 6.92 Å². The highest BCUT2D eigenvalue weighted by Crippen LogP contribution is 2.39. The minimum Gasteiger partial charge on any atom is -0.382 e. The van der Waals surface area contributed by atoms with Crippen LogP contribution in [-0.4, -0.2) is 30.7 Å². The molecule has 10 heteroatoms. The topological polar surface area (TPSA) is 94.3 Å². The number of fused-ring (bicyclic) bond motifs is 1. The Balaban J connectivity index is 0.00000231. The predicted octanol–water partition coefficient (Wildman–Crippen LogP) is 3.27. The Bertz CT molecular complexity index is 1300. The summed E-state index contributed by atoms with van der Waals surface area (Å²) >= 11 is 6.43. The number of hydrogen-bond donors (Lipinski definition) is 1. The summed E-state index contributed by atoms with van der Waals surface area (Å²) in [5.41, 5.74) is 8.03. The average molecular weight is 456 g/mol. The summed E-state index contributed by atoms with van der Waals surface area (Å²) in [6.07, 6.45) is 4.95. The molecule has 31 heavy (non-hydrogen) atoms. The van der Waals surface area contributed by atoms with Crippen molar-refractivity contribution in [2.75, 3.05) is 17.2 Å². The Morgan fingerprint density at radius 1 is 1.16 bits per heavy atom. The van der Waals surface area contributed by atoms with Crippen molar-refractivity contribution >= 4 is 42.2 Å². The summed E-state index contributed by atoms with van der Waals surface area (Å²) in [5, 5.41) is 5.18. The van der Waals surface area contributed by atoms with Gasteiger partial charge in [0.15, 0.2) is 11.6 Å². The van der Waals surface area contributed by atoms with Gasteiger partial charge in [0.05, 0.1) is 11.7 Å². The molecule has 0 amide bonds. The zero-order valence-corrected chi connectivity index (χ0v) is 18.6. The molecule has 1 aliphatic rings. The summed E-state index contributed by atoms with van der Waals surface area (Å²) in [6.45, 7) is 2.65. The lowest BCUT2D eigenvalue weighted by atomic mass is 10.2. The van der Waals surface area contributed by atoms with Crippen molar-refractivity contribution in [3.05, 3.63) is 75.7 Å². The third-order valence-corrected chi connectivity index (χ3v) is 5.91. The van der Waals surface area contributed by atoms with E-state index in [9.17, 15) is 4.79 Å². The lowest BCUT2D eigenvalue weighted by molar-refractivity contribution is 0.601. The molecular formula is C21H22ClN7OS. The molecule has 5 rings (SSSR count). The Hall–Kier alpha value is -3.04. The van der Waals surface area contributed by atoms with Crippen LogP contribution in [0.2, 0.25) is 5.02 Å². The molecule has 1 aliphatic heterocycles. The Labute approximate surface area is 190 Å². The molecule has 1 atom stereocenters. The van der Waals surface area contributed by atoms with Crippen LogP contribution in [0.5, 0.6) is 0 Å². The van der Waals surface area contributed by atoms with Crippen LogP contribution in [-0.2, 0) is 0 Å². The van der Waals surface area contributed by atoms with Gasteiger partial charge >= 0.3 is 0 Å². The number of para-hydroxylation sites is 1. The number of benzene rings is 1. The van der Waals surface area contributed by atoms with Crippen molar-refractivity contribution in [1.29, 1.82) is 0 Å². The molecule has 8 nitrogen and oxygen atoms in total. The summed E-state index contributed by atoms with van der Waals surface area (Å²) in [4.78, 5) is 24.0. The highest BCUT2D eigenvalue weighted by Gasteiger charge is 2.33. The smallest absolute Gasteiger partial charge is 0.282 e. The Morgan fingerprint density at radius 3 is 2.71 bits per heavy atom. The second-order valence-electron chi connectivity index (χ2n) is 7.37. The normalized spacial score (nSPS) is 15.9. The van der Waals surface area contributed by atoms with E-state index < -0.39 is 0 Å². The van der Waals surface area contributed by atoms with Crippen LogP contribution in [0.25, 0.3) is 11.2 Å². The number of rotatable bonds is 3. The van der Waals surface area contributed by atoms with Crippen LogP contribution in [0.15, 0.2) is 53.7 Å². The maximum Gasteiger partial charge on any atom is 0.282 e. The molecule has 0 unspecified atom stereocenters. The first-order valence-corrected chi connectivity index (χ1v) is 10.1. The minimum atomic E-state index is -0.184. The predicted molar refractivity (Wildman–Crippen MR) is 127 cm³/mol. The zero-order valence-electron chi connectivity index (χ0n) is 16.9. The first-order valence-electron chi connectivity index (χ1n) is 9.75. The standard InChI is InChI=1S/C21H20ClN7O.H2S/c1-13-9-11-28-17(13)21(30)29(14-6-3-2-4-7-14)19(26-28)15-8-5-10-27(15)20-16(22)18(23)24-12-25-20;/h2-4,6-7,9,11-12,15H,5,8,10H2,1H3,(H2,23,24,25);1H2/t15-;/m0./s1. The highest BCUT2D eigenvalue weighted by molar-refractivity contribution is 7.59. The van der Waals surface area contributed by atoms with Gasteiger partial charge in [0.1, 0.15) is 22.7 Å². The van der Waals surface area contributed by atoms with Gasteiger partial charge in [-0.25, -0.2) is 14.5 Å². The number of anilines is 2. The van der Waals surface area contributed by atoms with Crippen LogP contribution in [0.3, 0.4) is 0 Å². The molecule has 1 saturated heterocycles. The summed E-state index contributed by atoms with van der Waals surface area (Å²) in [5.74, 6) is 1.43. The minimum absolute atomic E-state index is 0. The van der Waals surface area contributed by atoms with Crippen LogP contribution >= 0.6 is 25.1 Å². The van der Waals surface area contributed by atoms with E-state index in [0.717, 1.165) is 30.6 Å². The van der Waals surface area contributed by atoms with Gasteiger partial charge in [0, 0.05) is 12.7 Å². The van der Waals surface area contributed by atoms with Gasteiger partial charge in [-0.2, -0.15) is 18.6 Å². The van der Waals surface area contributed by atoms with Crippen molar-refractivity contribution in [3.8, 4) is 5.69 Å². The van der Waals surface area contributed by atoms with Gasteiger partial charge in [0.2, 0.25) is 0 Å². The van der Waals surface area contributed by atoms with Crippen molar-refractivity contribution in [1.82, 2.24) is 24.1 Å². The monoisotopic (exact) mass is 455 g/mol. The fraction of sp³-hybridized carbons (Fsp3) is 0.238. The molecule has 1 fully saturated rings. The van der Waals surface area contributed by atoms with Crippen molar-refractivity contribution in [3.63, 3.8) is 0 Å². The second-order valence-corrected chi connectivity index (χ2v) is 7.75. The van der Waals surface area contributed by atoms with Crippen LogP contribution in [0.4, 0.5) is 11.6 Å². The fourth-order valence-electron chi connectivity index (χ4n) is 4.14. The van der Waals surface area contributed by atoms with Gasteiger partial charge in [-0.15, -0.1) is 0 Å². The number of nitrogens with zero attached hydrogens (tertiary/aromatic N) is 6. The molecule has 4 heterocycles. The second kappa shape index (κ2) is 8.24. The molecule has 0 bridgehead atoms. The summed E-state index contributed by atoms with van der Waals surface area (Å²) in [7, 11) is 0. The number of nitrogen functional groups attached to an aromatic ring is 1. The number of nitrogens with two attached hydrogens (primary N) is 1. The molecule has 0 spiro atoms. The summed E-state index contributed by atoms with van der Waals surface area (Å²) in [6, 6.07) is 11.3. The summed E-state index contributed by atoms with van der Waals surface area (Å²) < 4.78 is 3.36. The van der Waals surface area contributed by atoms with E-state index in [1.165, 1.54) is 6.33 Å². The zero-order chi connectivity index (χ0) is 20.8. The maximum absolute atomic E-state index is 13.6. The first kappa shape index (κ1) is 21.2. The fourth-order valence-corrected chi connectivity index (χ4v) is 4.34. The van der Waals surface area contributed by atoms with Crippen LogP contribution < -0.4 is 16.2 Å². The number of aromatic nitrogens is 5. The molecular weight excluding hydrogens is 434 g/mol. The van der Waals surface area contributed by atoms with Gasteiger partial charge in [0.25, 0.3) is 5.56 Å². The molecule has 160 valence electrons. The van der Waals surface area contributed by atoms with Gasteiger partial charge < -0.3 is 10.6 Å². The largest absolute Gasteiger partial charge is 0.382 e. The van der Waals surface area contributed by atoms with Gasteiger partial charge in [-0.3, -0.25) is 9.36 Å². The van der Waals surface area contributed by atoms with E-state index in [2.05, 4.69) is 14.9 Å². The van der Waals surface area contributed by atoms with Crippen molar-refractivity contribution in [2.24, 2.45) is 0 Å². The molecule has 4 aromatic rings. The lowest BCUT2D eigenvalue weighted by Gasteiger charge is -2.28. The van der Waals surface area contributed by atoms with E-state index in [1.54, 1.807) is 9.08 Å². The van der Waals surface area contributed by atoms with E-state index in [0.29, 0.717) is 22.2 Å². The molecule has 3 aromatic heterocycles. The van der Waals surface area contributed by atoms with Crippen LogP contribution in [0.1, 0.15) is 30.3 Å². The Kier molecular flexibility index (Phi) is 5.63. The molecule has 0 aliphatic carbocycles. The van der Waals surface area contributed by atoms with E-state index in [-0.39, 0.29) is 30.9 Å². The van der Waals surface area contributed by atoms with Gasteiger partial charge in [-0.05, 0) is 43.5 Å². The van der Waals surface area contributed by atoms with Crippen molar-refractivity contribution in [2.45, 2.75) is 25.8 Å². The number of halogens is 1.